The standard InChI is InChI=1S/C15H22N4/c1-11-9-14(19(4)17-11)10-15(16)12-5-7-13(8-6-12)18(2)3/h5-9,15H,10,16H2,1-4H3. The SMILES string of the molecule is Cc1cc(CC(N)c2ccc(N(C)C)cc2)n(C)n1. The molecule has 0 radical (unpaired) electrons. The first kappa shape index (κ1) is 13.6. The molecule has 0 bridgehead atoms. The molecule has 1 unspecified atom stereocenters. The van der Waals surface area contributed by atoms with Crippen LogP contribution in [0.4, 0.5) is 5.69 Å². The summed E-state index contributed by atoms with van der Waals surface area (Å²) in [4.78, 5) is 2.08. The summed E-state index contributed by atoms with van der Waals surface area (Å²) in [6.07, 6.45) is 0.804. The predicted molar refractivity (Wildman–Crippen MR) is 79.3 cm³/mol. The van der Waals surface area contributed by atoms with Gasteiger partial charge in [-0.1, -0.05) is 12.1 Å². The molecular formula is C15H22N4. The number of hydrogen-bond donors (Lipinski definition) is 1. The molecule has 19 heavy (non-hydrogen) atoms. The van der Waals surface area contributed by atoms with Crippen molar-refractivity contribution in [2.75, 3.05) is 19.0 Å². The summed E-state index contributed by atoms with van der Waals surface area (Å²) in [5.41, 5.74) is 10.8. The van der Waals surface area contributed by atoms with Gasteiger partial charge in [-0.25, -0.2) is 0 Å². The van der Waals surface area contributed by atoms with Crippen molar-refractivity contribution in [3.8, 4) is 0 Å². The topological polar surface area (TPSA) is 47.1 Å². The maximum Gasteiger partial charge on any atom is 0.0596 e. The number of nitrogens with two attached hydrogens (primary N) is 1. The molecule has 0 aliphatic carbocycles. The predicted octanol–water partition coefficient (Wildman–Crippen LogP) is 2.04. The summed E-state index contributed by atoms with van der Waals surface area (Å²) in [5, 5.41) is 4.35. The van der Waals surface area contributed by atoms with Crippen molar-refractivity contribution < 1.29 is 0 Å². The molecule has 2 rings (SSSR count). The molecular weight excluding hydrogens is 236 g/mol. The first-order valence-corrected chi connectivity index (χ1v) is 6.49. The highest BCUT2D eigenvalue weighted by atomic mass is 15.3. The van der Waals surface area contributed by atoms with Crippen molar-refractivity contribution in [2.45, 2.75) is 19.4 Å². The smallest absolute Gasteiger partial charge is 0.0596 e. The Bertz CT molecular complexity index is 540. The van der Waals surface area contributed by atoms with Crippen LogP contribution in [0, 0.1) is 6.92 Å². The first-order valence-electron chi connectivity index (χ1n) is 6.49. The lowest BCUT2D eigenvalue weighted by Gasteiger charge is -2.16. The number of rotatable bonds is 4. The molecule has 0 saturated carbocycles. The van der Waals surface area contributed by atoms with Gasteiger partial charge in [-0.3, -0.25) is 4.68 Å². The molecule has 1 atom stereocenters. The number of aryl methyl sites for hydroxylation is 2. The molecule has 0 amide bonds. The Morgan fingerprint density at radius 1 is 1.26 bits per heavy atom. The molecule has 1 heterocycles. The minimum absolute atomic E-state index is 0.00557. The molecule has 0 aliphatic rings. The second kappa shape index (κ2) is 5.45. The van der Waals surface area contributed by atoms with E-state index in [4.69, 9.17) is 5.73 Å². The van der Waals surface area contributed by atoms with E-state index < -0.39 is 0 Å². The van der Waals surface area contributed by atoms with Crippen LogP contribution < -0.4 is 10.6 Å². The lowest BCUT2D eigenvalue weighted by atomic mass is 10.0. The Hall–Kier alpha value is -1.81. The Morgan fingerprint density at radius 3 is 2.37 bits per heavy atom. The van der Waals surface area contributed by atoms with Crippen LogP contribution in [0.5, 0.6) is 0 Å². The van der Waals surface area contributed by atoms with Crippen molar-refractivity contribution in [1.29, 1.82) is 0 Å². The summed E-state index contributed by atoms with van der Waals surface area (Å²) in [6.45, 7) is 2.00. The molecule has 2 N–H and O–H groups in total. The summed E-state index contributed by atoms with van der Waals surface area (Å²) in [5.74, 6) is 0. The Labute approximate surface area is 114 Å². The van der Waals surface area contributed by atoms with E-state index in [2.05, 4.69) is 40.3 Å². The number of nitrogens with zero attached hydrogens (tertiary/aromatic N) is 3. The fourth-order valence-corrected chi connectivity index (χ4v) is 2.22. The molecule has 0 fully saturated rings. The average Bonchev–Trinajstić information content (AvgIpc) is 2.68. The number of anilines is 1. The van der Waals surface area contributed by atoms with Crippen molar-refractivity contribution in [3.05, 3.63) is 47.3 Å². The van der Waals surface area contributed by atoms with Crippen LogP contribution >= 0.6 is 0 Å². The lowest BCUT2D eigenvalue weighted by molar-refractivity contribution is 0.640. The van der Waals surface area contributed by atoms with E-state index in [0.717, 1.165) is 17.7 Å². The normalized spacial score (nSPS) is 12.5. The van der Waals surface area contributed by atoms with E-state index >= 15 is 0 Å². The fraction of sp³-hybridized carbons (Fsp3) is 0.400. The van der Waals surface area contributed by atoms with Gasteiger partial charge in [0.05, 0.1) is 5.69 Å². The van der Waals surface area contributed by atoms with Gasteiger partial charge in [-0.05, 0) is 30.7 Å². The quantitative estimate of drug-likeness (QED) is 0.913. The zero-order valence-corrected chi connectivity index (χ0v) is 12.1. The third-order valence-electron chi connectivity index (χ3n) is 3.37. The summed E-state index contributed by atoms with van der Waals surface area (Å²) in [7, 11) is 6.03. The number of aromatic nitrogens is 2. The fourth-order valence-electron chi connectivity index (χ4n) is 2.22. The maximum absolute atomic E-state index is 6.28. The highest BCUT2D eigenvalue weighted by molar-refractivity contribution is 5.46. The maximum atomic E-state index is 6.28. The zero-order valence-electron chi connectivity index (χ0n) is 12.1. The van der Waals surface area contributed by atoms with Gasteiger partial charge >= 0.3 is 0 Å². The molecule has 0 spiro atoms. The summed E-state index contributed by atoms with van der Waals surface area (Å²) < 4.78 is 1.91. The lowest BCUT2D eigenvalue weighted by Crippen LogP contribution is -2.16. The summed E-state index contributed by atoms with van der Waals surface area (Å²) in [6, 6.07) is 10.5. The van der Waals surface area contributed by atoms with E-state index in [1.165, 1.54) is 11.4 Å². The Morgan fingerprint density at radius 2 is 1.89 bits per heavy atom. The van der Waals surface area contributed by atoms with Crippen LogP contribution in [0.2, 0.25) is 0 Å². The average molecular weight is 258 g/mol. The van der Waals surface area contributed by atoms with Crippen molar-refractivity contribution >= 4 is 5.69 Å². The molecule has 0 aliphatic heterocycles. The second-order valence-electron chi connectivity index (χ2n) is 5.20. The van der Waals surface area contributed by atoms with Crippen LogP contribution in [0.1, 0.15) is 23.0 Å². The van der Waals surface area contributed by atoms with Gasteiger partial charge in [0.15, 0.2) is 0 Å². The number of benzene rings is 1. The van der Waals surface area contributed by atoms with Gasteiger partial charge in [-0.15, -0.1) is 0 Å². The summed E-state index contributed by atoms with van der Waals surface area (Å²) >= 11 is 0. The minimum atomic E-state index is 0.00557. The molecule has 4 heteroatoms. The minimum Gasteiger partial charge on any atom is -0.378 e. The van der Waals surface area contributed by atoms with Crippen LogP contribution in [-0.4, -0.2) is 23.9 Å². The van der Waals surface area contributed by atoms with Crippen LogP contribution in [-0.2, 0) is 13.5 Å². The number of hydrogen-bond acceptors (Lipinski definition) is 3. The van der Waals surface area contributed by atoms with Gasteiger partial charge in [0.2, 0.25) is 0 Å². The molecule has 0 saturated heterocycles. The highest BCUT2D eigenvalue weighted by Crippen LogP contribution is 2.19. The van der Waals surface area contributed by atoms with Crippen molar-refractivity contribution in [1.82, 2.24) is 9.78 Å². The molecule has 102 valence electrons. The van der Waals surface area contributed by atoms with Gasteiger partial charge < -0.3 is 10.6 Å². The first-order chi connectivity index (χ1) is 8.97. The van der Waals surface area contributed by atoms with Gasteiger partial charge in [0.25, 0.3) is 0 Å². The zero-order chi connectivity index (χ0) is 14.0. The van der Waals surface area contributed by atoms with Crippen LogP contribution in [0.3, 0.4) is 0 Å². The van der Waals surface area contributed by atoms with Gasteiger partial charge in [-0.2, -0.15) is 5.10 Å². The van der Waals surface area contributed by atoms with Gasteiger partial charge in [0, 0.05) is 45.0 Å². The van der Waals surface area contributed by atoms with Crippen molar-refractivity contribution in [2.24, 2.45) is 12.8 Å². The molecule has 1 aromatic heterocycles. The third-order valence-corrected chi connectivity index (χ3v) is 3.37. The van der Waals surface area contributed by atoms with E-state index in [1.54, 1.807) is 0 Å². The van der Waals surface area contributed by atoms with E-state index in [1.807, 2.05) is 32.7 Å². The Balaban J connectivity index is 2.11. The van der Waals surface area contributed by atoms with E-state index in [9.17, 15) is 0 Å². The highest BCUT2D eigenvalue weighted by Gasteiger charge is 2.10. The van der Waals surface area contributed by atoms with E-state index in [0.29, 0.717) is 0 Å². The van der Waals surface area contributed by atoms with Crippen LogP contribution in [0.25, 0.3) is 0 Å². The molecule has 4 nitrogen and oxygen atoms in total. The van der Waals surface area contributed by atoms with E-state index in [-0.39, 0.29) is 6.04 Å². The monoisotopic (exact) mass is 258 g/mol. The largest absolute Gasteiger partial charge is 0.378 e. The third kappa shape index (κ3) is 3.15. The molecule has 2 aromatic rings. The van der Waals surface area contributed by atoms with Gasteiger partial charge in [0.1, 0.15) is 0 Å². The van der Waals surface area contributed by atoms with Crippen molar-refractivity contribution in [3.63, 3.8) is 0 Å². The molecule has 1 aromatic carbocycles. The Kier molecular flexibility index (Phi) is 3.90. The second-order valence-corrected chi connectivity index (χ2v) is 5.20. The van der Waals surface area contributed by atoms with Crippen LogP contribution in [0.15, 0.2) is 30.3 Å².